The smallest absolute Gasteiger partial charge is 0.332 e. The third kappa shape index (κ3) is 4.97. The molecule has 2 aromatic rings. The molecule has 0 aliphatic heterocycles. The molecule has 0 atom stereocenters. The SMILES string of the molecule is CCCn1c(N)c(NC(=O)C/C(C)=C/c2ccsc2)c(=O)n(CCC)c1=O. The molecule has 2 rings (SSSR count). The van der Waals surface area contributed by atoms with Gasteiger partial charge in [-0.1, -0.05) is 25.5 Å². The number of amides is 1. The van der Waals surface area contributed by atoms with E-state index in [2.05, 4.69) is 5.32 Å². The van der Waals surface area contributed by atoms with Gasteiger partial charge in [0.1, 0.15) is 11.5 Å². The van der Waals surface area contributed by atoms with E-state index in [1.54, 1.807) is 11.3 Å². The molecule has 3 N–H and O–H groups in total. The number of nitrogens with two attached hydrogens (primary N) is 1. The van der Waals surface area contributed by atoms with Gasteiger partial charge in [-0.05, 0) is 42.2 Å². The Balaban J connectivity index is 2.32. The molecule has 0 bridgehead atoms. The zero-order valence-corrected chi connectivity index (χ0v) is 16.8. The van der Waals surface area contributed by atoms with Crippen molar-refractivity contribution < 1.29 is 4.79 Å². The molecule has 2 heterocycles. The number of nitrogens with one attached hydrogen (secondary N) is 1. The number of nitrogen functional groups attached to an aromatic ring is 1. The van der Waals surface area contributed by atoms with E-state index < -0.39 is 11.2 Å². The molecule has 146 valence electrons. The van der Waals surface area contributed by atoms with E-state index in [9.17, 15) is 14.4 Å². The first-order chi connectivity index (χ1) is 12.9. The summed E-state index contributed by atoms with van der Waals surface area (Å²) in [6.45, 7) is 6.31. The molecule has 7 nitrogen and oxygen atoms in total. The van der Waals surface area contributed by atoms with Crippen molar-refractivity contribution in [2.45, 2.75) is 53.1 Å². The van der Waals surface area contributed by atoms with E-state index in [1.165, 1.54) is 4.57 Å². The number of thiophene rings is 1. The summed E-state index contributed by atoms with van der Waals surface area (Å²) in [4.78, 5) is 37.6. The van der Waals surface area contributed by atoms with Gasteiger partial charge < -0.3 is 11.1 Å². The van der Waals surface area contributed by atoms with Gasteiger partial charge in [-0.2, -0.15) is 11.3 Å². The second-order valence-electron chi connectivity index (χ2n) is 6.42. The number of aromatic nitrogens is 2. The molecule has 8 heteroatoms. The molecule has 0 saturated heterocycles. The summed E-state index contributed by atoms with van der Waals surface area (Å²) in [5.74, 6) is -0.334. The summed E-state index contributed by atoms with van der Waals surface area (Å²) in [5.41, 5.74) is 6.93. The van der Waals surface area contributed by atoms with Crippen LogP contribution >= 0.6 is 11.3 Å². The third-order valence-corrected chi connectivity index (χ3v) is 4.72. The maximum absolute atomic E-state index is 12.7. The summed E-state index contributed by atoms with van der Waals surface area (Å²) in [7, 11) is 0. The summed E-state index contributed by atoms with van der Waals surface area (Å²) >= 11 is 1.58. The van der Waals surface area contributed by atoms with E-state index in [0.717, 1.165) is 15.7 Å². The van der Waals surface area contributed by atoms with Crippen molar-refractivity contribution in [3.63, 3.8) is 0 Å². The molecule has 0 radical (unpaired) electrons. The summed E-state index contributed by atoms with van der Waals surface area (Å²) in [5, 5.41) is 6.57. The predicted molar refractivity (Wildman–Crippen MR) is 111 cm³/mol. The highest BCUT2D eigenvalue weighted by molar-refractivity contribution is 7.08. The predicted octanol–water partition coefficient (Wildman–Crippen LogP) is 2.91. The number of nitrogens with zero attached hydrogens (tertiary/aromatic N) is 2. The van der Waals surface area contributed by atoms with Crippen LogP contribution in [-0.2, 0) is 17.9 Å². The lowest BCUT2D eigenvalue weighted by molar-refractivity contribution is -0.115. The second kappa shape index (κ2) is 9.36. The topological polar surface area (TPSA) is 99.1 Å². The Morgan fingerprint density at radius 3 is 2.48 bits per heavy atom. The number of carbonyl (C=O) groups excluding carboxylic acids is 1. The highest BCUT2D eigenvalue weighted by Gasteiger charge is 2.18. The Morgan fingerprint density at radius 2 is 1.89 bits per heavy atom. The third-order valence-electron chi connectivity index (χ3n) is 4.02. The standard InChI is InChI=1S/C19H26N4O3S/c1-4-7-22-17(20)16(18(25)23(8-5-2)19(22)26)21-15(24)11-13(3)10-14-6-9-27-12-14/h6,9-10,12H,4-5,7-8,11,20H2,1-3H3,(H,21,24)/b13-10+. The average Bonchev–Trinajstić information content (AvgIpc) is 3.12. The Morgan fingerprint density at radius 1 is 1.22 bits per heavy atom. The fourth-order valence-electron chi connectivity index (χ4n) is 2.82. The first kappa shape index (κ1) is 20.7. The Bertz CT molecular complexity index is 939. The Labute approximate surface area is 162 Å². The number of hydrogen-bond donors (Lipinski definition) is 2. The lowest BCUT2D eigenvalue weighted by Crippen LogP contribution is -2.42. The van der Waals surface area contributed by atoms with Crippen molar-refractivity contribution in [3.8, 4) is 0 Å². The molecule has 1 amide bonds. The first-order valence-corrected chi connectivity index (χ1v) is 9.95. The van der Waals surface area contributed by atoms with Gasteiger partial charge in [0.2, 0.25) is 5.91 Å². The van der Waals surface area contributed by atoms with E-state index in [4.69, 9.17) is 5.73 Å². The van der Waals surface area contributed by atoms with Gasteiger partial charge in [0.15, 0.2) is 0 Å². The fourth-order valence-corrected chi connectivity index (χ4v) is 3.44. The largest absolute Gasteiger partial charge is 0.383 e. The van der Waals surface area contributed by atoms with Crippen LogP contribution in [0.3, 0.4) is 0 Å². The van der Waals surface area contributed by atoms with Crippen molar-refractivity contribution in [2.75, 3.05) is 11.1 Å². The number of carbonyl (C=O) groups is 1. The molecule has 27 heavy (non-hydrogen) atoms. The normalized spacial score (nSPS) is 11.6. The van der Waals surface area contributed by atoms with Gasteiger partial charge >= 0.3 is 5.69 Å². The lowest BCUT2D eigenvalue weighted by Gasteiger charge is -2.16. The van der Waals surface area contributed by atoms with Crippen LogP contribution in [0.15, 0.2) is 32.0 Å². The molecule has 0 fully saturated rings. The summed E-state index contributed by atoms with van der Waals surface area (Å²) < 4.78 is 2.48. The highest BCUT2D eigenvalue weighted by atomic mass is 32.1. The van der Waals surface area contributed by atoms with E-state index in [0.29, 0.717) is 19.4 Å². The molecule has 0 saturated carbocycles. The van der Waals surface area contributed by atoms with Crippen LogP contribution in [0.5, 0.6) is 0 Å². The lowest BCUT2D eigenvalue weighted by atomic mass is 10.1. The highest BCUT2D eigenvalue weighted by Crippen LogP contribution is 2.15. The van der Waals surface area contributed by atoms with Crippen molar-refractivity contribution in [2.24, 2.45) is 0 Å². The number of rotatable bonds is 8. The van der Waals surface area contributed by atoms with Crippen molar-refractivity contribution in [1.82, 2.24) is 9.13 Å². The summed E-state index contributed by atoms with van der Waals surface area (Å²) in [6.07, 6.45) is 3.37. The number of hydrogen-bond acceptors (Lipinski definition) is 5. The maximum Gasteiger partial charge on any atom is 0.332 e. The molecule has 0 aliphatic rings. The maximum atomic E-state index is 12.7. The monoisotopic (exact) mass is 390 g/mol. The van der Waals surface area contributed by atoms with Crippen LogP contribution in [0.1, 0.15) is 45.6 Å². The minimum absolute atomic E-state index is 0.00650. The van der Waals surface area contributed by atoms with Crippen LogP contribution in [-0.4, -0.2) is 15.0 Å². The van der Waals surface area contributed by atoms with Crippen LogP contribution in [0.25, 0.3) is 6.08 Å². The minimum Gasteiger partial charge on any atom is -0.383 e. The van der Waals surface area contributed by atoms with Gasteiger partial charge in [0.25, 0.3) is 5.56 Å². The van der Waals surface area contributed by atoms with Gasteiger partial charge in [0, 0.05) is 19.5 Å². The van der Waals surface area contributed by atoms with Gasteiger partial charge in [-0.25, -0.2) is 4.79 Å². The van der Waals surface area contributed by atoms with Crippen molar-refractivity contribution >= 4 is 34.8 Å². The van der Waals surface area contributed by atoms with Crippen LogP contribution in [0.4, 0.5) is 11.5 Å². The number of anilines is 2. The van der Waals surface area contributed by atoms with Gasteiger partial charge in [-0.15, -0.1) is 0 Å². The molecule has 2 aromatic heterocycles. The summed E-state index contributed by atoms with van der Waals surface area (Å²) in [6, 6.07) is 1.97. The Hall–Kier alpha value is -2.61. The van der Waals surface area contributed by atoms with E-state index >= 15 is 0 Å². The second-order valence-corrected chi connectivity index (χ2v) is 7.20. The molecular weight excluding hydrogens is 364 g/mol. The average molecular weight is 391 g/mol. The molecule has 0 spiro atoms. The van der Waals surface area contributed by atoms with Gasteiger partial charge in [-0.3, -0.25) is 18.7 Å². The van der Waals surface area contributed by atoms with Gasteiger partial charge in [0.05, 0.1) is 0 Å². The first-order valence-electron chi connectivity index (χ1n) is 9.01. The van der Waals surface area contributed by atoms with Crippen molar-refractivity contribution in [1.29, 1.82) is 0 Å². The van der Waals surface area contributed by atoms with Crippen molar-refractivity contribution in [3.05, 3.63) is 48.8 Å². The molecule has 0 aliphatic carbocycles. The molecule has 0 aromatic carbocycles. The zero-order valence-electron chi connectivity index (χ0n) is 15.9. The fraction of sp³-hybridized carbons (Fsp3) is 0.421. The molecular formula is C19H26N4O3S. The Kier molecular flexibility index (Phi) is 7.18. The van der Waals surface area contributed by atoms with Crippen LogP contribution in [0, 0.1) is 0 Å². The molecule has 0 unspecified atom stereocenters. The van der Waals surface area contributed by atoms with Crippen LogP contribution < -0.4 is 22.3 Å². The quantitative estimate of drug-likeness (QED) is 0.724. The zero-order chi connectivity index (χ0) is 20.0. The van der Waals surface area contributed by atoms with Crippen LogP contribution in [0.2, 0.25) is 0 Å². The minimum atomic E-state index is -0.556. The van der Waals surface area contributed by atoms with E-state index in [1.807, 2.05) is 43.7 Å². The van der Waals surface area contributed by atoms with E-state index in [-0.39, 0.29) is 30.4 Å².